The number of aryl methyl sites for hydroxylation is 1. The maximum atomic E-state index is 12.5. The van der Waals surface area contributed by atoms with Gasteiger partial charge >= 0.3 is 5.97 Å². The van der Waals surface area contributed by atoms with Crippen LogP contribution in [0.5, 0.6) is 5.75 Å². The second-order valence-corrected chi connectivity index (χ2v) is 11.9. The van der Waals surface area contributed by atoms with Crippen molar-refractivity contribution in [2.45, 2.75) is 58.2 Å². The molecule has 1 saturated heterocycles. The quantitative estimate of drug-likeness (QED) is 0.125. The van der Waals surface area contributed by atoms with Crippen LogP contribution in [-0.2, 0) is 20.7 Å². The van der Waals surface area contributed by atoms with E-state index >= 15 is 0 Å². The number of rotatable bonds is 12. The highest BCUT2D eigenvalue weighted by molar-refractivity contribution is 5.79. The number of hydrogen-bond acceptors (Lipinski definition) is 8. The van der Waals surface area contributed by atoms with E-state index in [-0.39, 0.29) is 24.1 Å². The van der Waals surface area contributed by atoms with Crippen molar-refractivity contribution < 1.29 is 19.0 Å². The molecule has 2 aromatic carbocycles. The number of methoxy groups -OCH3 is 1. The number of benzene rings is 2. The Kier molecular flexibility index (Phi) is 9.88. The summed E-state index contributed by atoms with van der Waals surface area (Å²) < 4.78 is 19.3. The van der Waals surface area contributed by atoms with Crippen LogP contribution in [0.4, 0.5) is 5.82 Å². The molecule has 0 amide bonds. The van der Waals surface area contributed by atoms with E-state index in [1.807, 2.05) is 60.8 Å². The first-order valence-electron chi connectivity index (χ1n) is 15.6. The minimum absolute atomic E-state index is 0.0704. The highest BCUT2D eigenvalue weighted by Gasteiger charge is 2.33. The number of carbonyl (C=O) groups excluding carboxylic acids is 1. The summed E-state index contributed by atoms with van der Waals surface area (Å²) in [5.41, 5.74) is 5.88. The zero-order valence-corrected chi connectivity index (χ0v) is 27.1. The van der Waals surface area contributed by atoms with Gasteiger partial charge in [-0.15, -0.1) is 13.2 Å². The van der Waals surface area contributed by atoms with E-state index in [1.165, 1.54) is 7.11 Å². The molecule has 0 N–H and O–H groups in total. The predicted molar refractivity (Wildman–Crippen MR) is 180 cm³/mol. The summed E-state index contributed by atoms with van der Waals surface area (Å²) in [5.74, 6) is 1.21. The third-order valence-electron chi connectivity index (χ3n) is 8.50. The Balaban J connectivity index is 1.57. The number of fused-ring (bicyclic) bond motifs is 1. The molecule has 4 aromatic rings. The first-order valence-corrected chi connectivity index (χ1v) is 15.6. The lowest BCUT2D eigenvalue weighted by Gasteiger charge is -2.40. The normalized spacial score (nSPS) is 14.8. The molecular weight excluding hydrogens is 578 g/mol. The van der Waals surface area contributed by atoms with E-state index in [0.29, 0.717) is 30.0 Å². The van der Waals surface area contributed by atoms with Gasteiger partial charge in [0.1, 0.15) is 11.6 Å². The fourth-order valence-electron chi connectivity index (χ4n) is 5.89. The van der Waals surface area contributed by atoms with Gasteiger partial charge < -0.3 is 19.1 Å². The third kappa shape index (κ3) is 6.98. The van der Waals surface area contributed by atoms with Crippen LogP contribution >= 0.6 is 0 Å². The molecule has 1 atom stereocenters. The molecule has 9 nitrogen and oxygen atoms in total. The maximum absolute atomic E-state index is 12.5. The van der Waals surface area contributed by atoms with Gasteiger partial charge in [-0.3, -0.25) is 4.79 Å². The van der Waals surface area contributed by atoms with Crippen LogP contribution in [0.15, 0.2) is 73.8 Å². The molecule has 5 rings (SSSR count). The highest BCUT2D eigenvalue weighted by atomic mass is 16.5. The molecule has 46 heavy (non-hydrogen) atoms. The third-order valence-corrected chi connectivity index (χ3v) is 8.50. The molecular formula is C37H41N5O4. The fourth-order valence-corrected chi connectivity index (χ4v) is 5.89. The summed E-state index contributed by atoms with van der Waals surface area (Å²) in [6.45, 7) is 15.6. The van der Waals surface area contributed by atoms with Gasteiger partial charge in [0.15, 0.2) is 5.65 Å². The number of nitriles is 1. The van der Waals surface area contributed by atoms with Gasteiger partial charge in [-0.25, -0.2) is 4.98 Å². The molecule has 2 aromatic heterocycles. The largest absolute Gasteiger partial charge is 0.490 e. The average Bonchev–Trinajstić information content (AvgIpc) is 3.48. The van der Waals surface area contributed by atoms with Gasteiger partial charge in [0.2, 0.25) is 0 Å². The average molecular weight is 620 g/mol. The number of hydrogen-bond donors (Lipinski definition) is 0. The minimum Gasteiger partial charge on any atom is -0.490 e. The number of nitrogens with zero attached hydrogens (tertiary/aromatic N) is 5. The van der Waals surface area contributed by atoms with Crippen molar-refractivity contribution in [3.63, 3.8) is 0 Å². The van der Waals surface area contributed by atoms with Crippen LogP contribution in [-0.4, -0.2) is 59.1 Å². The van der Waals surface area contributed by atoms with Crippen molar-refractivity contribution in [3.05, 3.63) is 90.7 Å². The molecule has 0 bridgehead atoms. The number of aromatic nitrogens is 3. The predicted octanol–water partition coefficient (Wildman–Crippen LogP) is 6.86. The Morgan fingerprint density at radius 3 is 2.59 bits per heavy atom. The Hall–Kier alpha value is -4.94. The van der Waals surface area contributed by atoms with Crippen LogP contribution in [0.1, 0.15) is 49.9 Å². The molecule has 1 aliphatic rings. The van der Waals surface area contributed by atoms with Crippen LogP contribution in [0.3, 0.4) is 0 Å². The van der Waals surface area contributed by atoms with E-state index in [1.54, 1.807) is 12.1 Å². The molecule has 0 aliphatic carbocycles. The maximum Gasteiger partial charge on any atom is 0.310 e. The Labute approximate surface area is 270 Å². The Morgan fingerprint density at radius 2 is 1.89 bits per heavy atom. The SMILES string of the molecule is C=CCOC1(C)CCN(c2c(CC(=O)OC)c(C)nc3cc(-c4cccc(-c5cc(C#N)ccc5OC(C)CC=C)c4)nn23)CC1. The Bertz CT molecular complexity index is 1800. The second-order valence-electron chi connectivity index (χ2n) is 11.9. The molecule has 0 saturated carbocycles. The zero-order chi connectivity index (χ0) is 32.8. The number of ether oxygens (including phenoxy) is 3. The van der Waals surface area contributed by atoms with E-state index in [0.717, 1.165) is 65.4 Å². The molecule has 1 aliphatic heterocycles. The summed E-state index contributed by atoms with van der Waals surface area (Å²) in [6, 6.07) is 17.7. The monoisotopic (exact) mass is 619 g/mol. The zero-order valence-electron chi connectivity index (χ0n) is 27.1. The summed E-state index contributed by atoms with van der Waals surface area (Å²) in [5, 5.41) is 14.7. The first-order chi connectivity index (χ1) is 22.2. The molecule has 1 unspecified atom stereocenters. The highest BCUT2D eigenvalue weighted by Crippen LogP contribution is 2.36. The molecule has 238 valence electrons. The number of carbonyl (C=O) groups is 1. The summed E-state index contributed by atoms with van der Waals surface area (Å²) in [6.07, 6.45) is 5.96. The summed E-state index contributed by atoms with van der Waals surface area (Å²) >= 11 is 0. The van der Waals surface area contributed by atoms with Gasteiger partial charge in [-0.05, 0) is 63.4 Å². The van der Waals surface area contributed by atoms with Crippen LogP contribution in [0, 0.1) is 18.3 Å². The summed E-state index contributed by atoms with van der Waals surface area (Å²) in [4.78, 5) is 19.7. The van der Waals surface area contributed by atoms with E-state index < -0.39 is 0 Å². The van der Waals surface area contributed by atoms with Crippen molar-refractivity contribution in [2.75, 3.05) is 31.7 Å². The topological polar surface area (TPSA) is 102 Å². The fraction of sp³-hybridized carbons (Fsp3) is 0.351. The molecule has 0 radical (unpaired) electrons. The van der Waals surface area contributed by atoms with Crippen molar-refractivity contribution in [2.24, 2.45) is 0 Å². The van der Waals surface area contributed by atoms with Crippen LogP contribution < -0.4 is 9.64 Å². The van der Waals surface area contributed by atoms with E-state index in [4.69, 9.17) is 24.3 Å². The van der Waals surface area contributed by atoms with Gasteiger partial charge in [-0.1, -0.05) is 30.4 Å². The van der Waals surface area contributed by atoms with Crippen molar-refractivity contribution >= 4 is 17.4 Å². The molecule has 1 fully saturated rings. The molecule has 9 heteroatoms. The number of piperidine rings is 1. The lowest BCUT2D eigenvalue weighted by atomic mass is 9.93. The molecule has 3 heterocycles. The molecule has 0 spiro atoms. The van der Waals surface area contributed by atoms with Crippen molar-refractivity contribution in [1.29, 1.82) is 5.26 Å². The van der Waals surface area contributed by atoms with E-state index in [2.05, 4.69) is 37.1 Å². The van der Waals surface area contributed by atoms with Crippen LogP contribution in [0.25, 0.3) is 28.0 Å². The van der Waals surface area contributed by atoms with Crippen molar-refractivity contribution in [1.82, 2.24) is 14.6 Å². The van der Waals surface area contributed by atoms with E-state index in [9.17, 15) is 10.1 Å². The smallest absolute Gasteiger partial charge is 0.310 e. The number of anilines is 1. The van der Waals surface area contributed by atoms with Crippen molar-refractivity contribution in [3.8, 4) is 34.2 Å². The minimum atomic E-state index is -0.332. The second kappa shape index (κ2) is 14.0. The van der Waals surface area contributed by atoms with Crippen LogP contribution in [0.2, 0.25) is 0 Å². The summed E-state index contributed by atoms with van der Waals surface area (Å²) in [7, 11) is 1.40. The van der Waals surface area contributed by atoms with Gasteiger partial charge in [0.05, 0.1) is 49.2 Å². The lowest BCUT2D eigenvalue weighted by Crippen LogP contribution is -2.45. The van der Waals surface area contributed by atoms with Gasteiger partial charge in [-0.2, -0.15) is 14.9 Å². The Morgan fingerprint density at radius 1 is 1.13 bits per heavy atom. The first kappa shape index (κ1) is 32.5. The van der Waals surface area contributed by atoms with Gasteiger partial charge in [0.25, 0.3) is 0 Å². The lowest BCUT2D eigenvalue weighted by molar-refractivity contribution is -0.139. The number of esters is 1. The van der Waals surface area contributed by atoms with Gasteiger partial charge in [0, 0.05) is 48.0 Å². The standard InChI is InChI=1S/C37H41N5O4/c1-7-10-25(3)46-33-14-13-27(24-38)20-31(33)28-11-9-12-29(21-28)32-23-34-39-26(4)30(22-35(43)44-6)36(42(34)40-32)41-17-15-37(5,16-18-41)45-19-8-2/h7-9,11-14,20-21,23,25H,1-2,10,15-19,22H2,3-6H3.